The molecule has 0 fully saturated rings. The predicted molar refractivity (Wildman–Crippen MR) is 84.4 cm³/mol. The zero-order valence-electron chi connectivity index (χ0n) is 13.4. The van der Waals surface area contributed by atoms with Crippen LogP contribution in [-0.2, 0) is 16.0 Å². The average molecular weight is 293 g/mol. The Morgan fingerprint density at radius 1 is 1.24 bits per heavy atom. The Kier molecular flexibility index (Phi) is 7.23. The number of carbonyl (C=O) groups is 1. The number of hydrogen-bond acceptors (Lipinski definition) is 4. The van der Waals surface area contributed by atoms with Crippen molar-refractivity contribution in [2.24, 2.45) is 5.73 Å². The fourth-order valence-electron chi connectivity index (χ4n) is 2.07. The molecule has 0 bridgehead atoms. The molecule has 1 aromatic rings. The van der Waals surface area contributed by atoms with E-state index in [1.807, 2.05) is 12.1 Å². The molecule has 0 aliphatic rings. The molecule has 0 aliphatic heterocycles. The third-order valence-electron chi connectivity index (χ3n) is 3.31. The molecule has 0 radical (unpaired) electrons. The number of esters is 1. The van der Waals surface area contributed by atoms with Gasteiger partial charge in [0.05, 0.1) is 13.2 Å². The molecular weight excluding hydrogens is 266 g/mol. The molecule has 21 heavy (non-hydrogen) atoms. The number of hydrogen-bond donors (Lipinski definition) is 1. The van der Waals surface area contributed by atoms with E-state index < -0.39 is 5.54 Å². The van der Waals surface area contributed by atoms with Crippen LogP contribution in [-0.4, -0.2) is 24.7 Å². The molecular formula is C17H27NO3. The molecule has 0 heterocycles. The van der Waals surface area contributed by atoms with Crippen LogP contribution < -0.4 is 10.5 Å². The Labute approximate surface area is 127 Å². The van der Waals surface area contributed by atoms with Gasteiger partial charge in [-0.15, -0.1) is 0 Å². The van der Waals surface area contributed by atoms with Gasteiger partial charge in [0.25, 0.3) is 0 Å². The van der Waals surface area contributed by atoms with Gasteiger partial charge in [0.1, 0.15) is 11.3 Å². The third kappa shape index (κ3) is 6.17. The van der Waals surface area contributed by atoms with Crippen LogP contribution in [0, 0.1) is 0 Å². The third-order valence-corrected chi connectivity index (χ3v) is 3.31. The summed E-state index contributed by atoms with van der Waals surface area (Å²) in [5.74, 6) is 0.499. The van der Waals surface area contributed by atoms with Gasteiger partial charge >= 0.3 is 5.97 Å². The van der Waals surface area contributed by atoms with Crippen LogP contribution in [0.5, 0.6) is 5.75 Å². The van der Waals surface area contributed by atoms with Crippen LogP contribution in [0.25, 0.3) is 0 Å². The smallest absolute Gasteiger partial charge is 0.325 e. The van der Waals surface area contributed by atoms with Crippen LogP contribution >= 0.6 is 0 Å². The van der Waals surface area contributed by atoms with E-state index >= 15 is 0 Å². The van der Waals surface area contributed by atoms with E-state index in [0.29, 0.717) is 26.1 Å². The van der Waals surface area contributed by atoms with E-state index in [0.717, 1.165) is 18.6 Å². The lowest BCUT2D eigenvalue weighted by atomic mass is 9.98. The second-order valence-corrected chi connectivity index (χ2v) is 5.48. The Morgan fingerprint density at radius 2 is 1.90 bits per heavy atom. The second kappa shape index (κ2) is 8.67. The summed E-state index contributed by atoms with van der Waals surface area (Å²) in [6.45, 7) is 6.53. The summed E-state index contributed by atoms with van der Waals surface area (Å²) < 4.78 is 10.6. The maximum absolute atomic E-state index is 11.6. The zero-order valence-corrected chi connectivity index (χ0v) is 13.4. The largest absolute Gasteiger partial charge is 0.494 e. The number of carbonyl (C=O) groups excluding carboxylic acids is 1. The molecule has 1 aromatic carbocycles. The minimum absolute atomic E-state index is 0.353. The van der Waals surface area contributed by atoms with Crippen molar-refractivity contribution in [2.45, 2.75) is 52.0 Å². The Bertz CT molecular complexity index is 426. The molecule has 0 spiro atoms. The quantitative estimate of drug-likeness (QED) is 0.561. The van der Waals surface area contributed by atoms with Crippen LogP contribution in [0.1, 0.15) is 45.6 Å². The lowest BCUT2D eigenvalue weighted by Crippen LogP contribution is -2.46. The first-order valence-electron chi connectivity index (χ1n) is 7.67. The molecule has 0 aliphatic carbocycles. The van der Waals surface area contributed by atoms with E-state index in [2.05, 4.69) is 19.1 Å². The summed E-state index contributed by atoms with van der Waals surface area (Å²) in [7, 11) is 0. The first-order chi connectivity index (χ1) is 9.99. The van der Waals surface area contributed by atoms with Crippen molar-refractivity contribution < 1.29 is 14.3 Å². The number of rotatable bonds is 9. The van der Waals surface area contributed by atoms with Gasteiger partial charge in [-0.25, -0.2) is 0 Å². The highest BCUT2D eigenvalue weighted by Crippen LogP contribution is 2.15. The van der Waals surface area contributed by atoms with E-state index in [4.69, 9.17) is 15.2 Å². The second-order valence-electron chi connectivity index (χ2n) is 5.48. The lowest BCUT2D eigenvalue weighted by molar-refractivity contribution is -0.149. The van der Waals surface area contributed by atoms with Crippen molar-refractivity contribution in [3.05, 3.63) is 29.8 Å². The number of nitrogens with two attached hydrogens (primary N) is 1. The molecule has 4 heteroatoms. The van der Waals surface area contributed by atoms with Gasteiger partial charge < -0.3 is 15.2 Å². The molecule has 0 saturated carbocycles. The Morgan fingerprint density at radius 3 is 2.48 bits per heavy atom. The number of ether oxygens (including phenoxy) is 2. The Hall–Kier alpha value is -1.55. The highest BCUT2D eigenvalue weighted by Gasteiger charge is 2.29. The summed E-state index contributed by atoms with van der Waals surface area (Å²) in [6, 6.07) is 8.14. The van der Waals surface area contributed by atoms with E-state index in [1.165, 1.54) is 5.56 Å². The van der Waals surface area contributed by atoms with E-state index in [9.17, 15) is 4.79 Å². The highest BCUT2D eigenvalue weighted by molar-refractivity contribution is 5.79. The summed E-state index contributed by atoms with van der Waals surface area (Å²) >= 11 is 0. The van der Waals surface area contributed by atoms with Crippen LogP contribution in [0.3, 0.4) is 0 Å². The average Bonchev–Trinajstić information content (AvgIpc) is 2.46. The normalized spacial score (nSPS) is 13.5. The monoisotopic (exact) mass is 293 g/mol. The van der Waals surface area contributed by atoms with Gasteiger partial charge in [0.15, 0.2) is 0 Å². The SMILES string of the molecule is CCCc1ccc(OCCCC(C)(N)C(=O)OCC)cc1. The maximum atomic E-state index is 11.6. The van der Waals surface area contributed by atoms with Gasteiger partial charge in [-0.1, -0.05) is 25.5 Å². The van der Waals surface area contributed by atoms with Gasteiger partial charge in [-0.2, -0.15) is 0 Å². The first-order valence-corrected chi connectivity index (χ1v) is 7.67. The van der Waals surface area contributed by atoms with Crippen LogP contribution in [0.2, 0.25) is 0 Å². The van der Waals surface area contributed by atoms with Gasteiger partial charge in [-0.05, 0) is 50.8 Å². The van der Waals surface area contributed by atoms with Gasteiger partial charge in [0, 0.05) is 0 Å². The fourth-order valence-corrected chi connectivity index (χ4v) is 2.07. The number of aryl methyl sites for hydroxylation is 1. The van der Waals surface area contributed by atoms with Gasteiger partial charge in [-0.3, -0.25) is 4.79 Å². The van der Waals surface area contributed by atoms with Crippen molar-refractivity contribution >= 4 is 5.97 Å². The summed E-state index contributed by atoms with van der Waals surface area (Å²) in [6.07, 6.45) is 3.48. The minimum atomic E-state index is -0.940. The molecule has 0 aromatic heterocycles. The van der Waals surface area contributed by atoms with Crippen molar-refractivity contribution in [3.8, 4) is 5.75 Å². The fraction of sp³-hybridized carbons (Fsp3) is 0.588. The van der Waals surface area contributed by atoms with E-state index in [-0.39, 0.29) is 5.97 Å². The molecule has 118 valence electrons. The van der Waals surface area contributed by atoms with Crippen molar-refractivity contribution in [1.82, 2.24) is 0 Å². The molecule has 1 unspecified atom stereocenters. The summed E-state index contributed by atoms with van der Waals surface area (Å²) in [4.78, 5) is 11.6. The molecule has 4 nitrogen and oxygen atoms in total. The molecule has 2 N–H and O–H groups in total. The molecule has 0 saturated heterocycles. The van der Waals surface area contributed by atoms with Crippen molar-refractivity contribution in [2.75, 3.05) is 13.2 Å². The topological polar surface area (TPSA) is 61.5 Å². The van der Waals surface area contributed by atoms with Crippen LogP contribution in [0.15, 0.2) is 24.3 Å². The zero-order chi connectivity index (χ0) is 15.7. The standard InChI is InChI=1S/C17H27NO3/c1-4-7-14-8-10-15(11-9-14)21-13-6-12-17(3,18)16(19)20-5-2/h8-11H,4-7,12-13,18H2,1-3H3. The van der Waals surface area contributed by atoms with Crippen molar-refractivity contribution in [3.63, 3.8) is 0 Å². The maximum Gasteiger partial charge on any atom is 0.325 e. The summed E-state index contributed by atoms with van der Waals surface area (Å²) in [5.41, 5.74) is 6.33. The number of benzene rings is 1. The highest BCUT2D eigenvalue weighted by atomic mass is 16.5. The summed E-state index contributed by atoms with van der Waals surface area (Å²) in [5, 5.41) is 0. The molecule has 0 amide bonds. The predicted octanol–water partition coefficient (Wildman–Crippen LogP) is 3.08. The lowest BCUT2D eigenvalue weighted by Gasteiger charge is -2.22. The molecule has 1 atom stereocenters. The first kappa shape index (κ1) is 17.5. The van der Waals surface area contributed by atoms with E-state index in [1.54, 1.807) is 13.8 Å². The van der Waals surface area contributed by atoms with Crippen LogP contribution in [0.4, 0.5) is 0 Å². The van der Waals surface area contributed by atoms with Crippen molar-refractivity contribution in [1.29, 1.82) is 0 Å². The minimum Gasteiger partial charge on any atom is -0.494 e. The van der Waals surface area contributed by atoms with Gasteiger partial charge in [0.2, 0.25) is 0 Å². The molecule has 1 rings (SSSR count). The Balaban J connectivity index is 2.31.